The molecule has 0 aliphatic carbocycles. The van der Waals surface area contributed by atoms with Gasteiger partial charge in [0.15, 0.2) is 0 Å². The van der Waals surface area contributed by atoms with E-state index >= 15 is 0 Å². The molecule has 1 aromatic rings. The van der Waals surface area contributed by atoms with Crippen LogP contribution in [0.2, 0.25) is 0 Å². The summed E-state index contributed by atoms with van der Waals surface area (Å²) in [5.41, 5.74) is 1.34. The van der Waals surface area contributed by atoms with Crippen molar-refractivity contribution in [1.82, 2.24) is 10.3 Å². The van der Waals surface area contributed by atoms with Crippen molar-refractivity contribution in [3.8, 4) is 0 Å². The van der Waals surface area contributed by atoms with E-state index in [1.165, 1.54) is 7.11 Å². The van der Waals surface area contributed by atoms with Crippen LogP contribution in [-0.4, -0.2) is 35.8 Å². The highest BCUT2D eigenvalue weighted by molar-refractivity contribution is 5.87. The van der Waals surface area contributed by atoms with Crippen molar-refractivity contribution in [2.45, 2.75) is 32.9 Å². The van der Waals surface area contributed by atoms with Crippen LogP contribution in [0, 0.1) is 5.92 Å². The minimum atomic E-state index is -0.373. The van der Waals surface area contributed by atoms with Crippen molar-refractivity contribution in [3.63, 3.8) is 0 Å². The first-order chi connectivity index (χ1) is 8.56. The number of H-pyrrole nitrogens is 1. The molecule has 1 rings (SSSR count). The molecule has 1 aromatic heterocycles. The van der Waals surface area contributed by atoms with Gasteiger partial charge in [-0.2, -0.15) is 0 Å². The Labute approximate surface area is 108 Å². The van der Waals surface area contributed by atoms with Gasteiger partial charge in [0, 0.05) is 18.3 Å². The Morgan fingerprint density at radius 1 is 1.50 bits per heavy atom. The van der Waals surface area contributed by atoms with Gasteiger partial charge in [0.05, 0.1) is 13.7 Å². The molecule has 0 radical (unpaired) electrons. The Morgan fingerprint density at radius 3 is 2.78 bits per heavy atom. The topological polar surface area (TPSA) is 74.3 Å². The van der Waals surface area contributed by atoms with Crippen molar-refractivity contribution in [2.24, 2.45) is 5.92 Å². The fraction of sp³-hybridized carbons (Fsp3) is 0.615. The lowest BCUT2D eigenvalue weighted by atomic mass is 10.0. The lowest BCUT2D eigenvalue weighted by Crippen LogP contribution is -2.33. The van der Waals surface area contributed by atoms with Crippen molar-refractivity contribution >= 4 is 5.97 Å². The van der Waals surface area contributed by atoms with E-state index < -0.39 is 0 Å². The molecule has 1 unspecified atom stereocenters. The summed E-state index contributed by atoms with van der Waals surface area (Å²) in [6.07, 6.45) is 0.918. The molecule has 0 spiro atoms. The number of carbonyl (C=O) groups excluding carboxylic acids is 1. The van der Waals surface area contributed by atoms with Gasteiger partial charge >= 0.3 is 5.97 Å². The van der Waals surface area contributed by atoms with E-state index in [0.717, 1.165) is 12.1 Å². The molecule has 0 saturated carbocycles. The molecule has 0 bridgehead atoms. The minimum Gasteiger partial charge on any atom is -0.464 e. The number of hydrogen-bond donors (Lipinski definition) is 3. The number of nitrogens with one attached hydrogen (secondary N) is 2. The van der Waals surface area contributed by atoms with Gasteiger partial charge in [0.2, 0.25) is 0 Å². The fourth-order valence-corrected chi connectivity index (χ4v) is 1.82. The molecule has 5 nitrogen and oxygen atoms in total. The van der Waals surface area contributed by atoms with E-state index in [1.807, 2.05) is 6.07 Å². The average Bonchev–Trinajstić information content (AvgIpc) is 2.81. The zero-order chi connectivity index (χ0) is 13.5. The molecule has 1 atom stereocenters. The van der Waals surface area contributed by atoms with Crippen LogP contribution in [0.25, 0.3) is 0 Å². The molecular formula is C13H22N2O3. The third kappa shape index (κ3) is 4.50. The highest BCUT2D eigenvalue weighted by Crippen LogP contribution is 2.07. The minimum absolute atomic E-state index is 0.0786. The lowest BCUT2D eigenvalue weighted by Gasteiger charge is -2.17. The Kier molecular flexibility index (Phi) is 5.88. The maximum atomic E-state index is 11.3. The third-order valence-electron chi connectivity index (χ3n) is 2.71. The van der Waals surface area contributed by atoms with Gasteiger partial charge in [0.1, 0.15) is 5.69 Å². The summed E-state index contributed by atoms with van der Waals surface area (Å²) < 4.78 is 4.62. The molecule has 0 aliphatic heterocycles. The van der Waals surface area contributed by atoms with Crippen LogP contribution >= 0.6 is 0 Å². The van der Waals surface area contributed by atoms with Crippen LogP contribution in [-0.2, 0) is 11.3 Å². The maximum absolute atomic E-state index is 11.3. The quantitative estimate of drug-likeness (QED) is 0.641. The van der Waals surface area contributed by atoms with Crippen molar-refractivity contribution in [2.75, 3.05) is 13.7 Å². The highest BCUT2D eigenvalue weighted by atomic mass is 16.5. The lowest BCUT2D eigenvalue weighted by molar-refractivity contribution is 0.0594. The highest BCUT2D eigenvalue weighted by Gasteiger charge is 2.11. The van der Waals surface area contributed by atoms with E-state index in [-0.39, 0.29) is 18.6 Å². The molecule has 0 aliphatic rings. The van der Waals surface area contributed by atoms with Crippen molar-refractivity contribution in [1.29, 1.82) is 0 Å². The Morgan fingerprint density at radius 2 is 2.22 bits per heavy atom. The van der Waals surface area contributed by atoms with Crippen molar-refractivity contribution < 1.29 is 14.6 Å². The normalized spacial score (nSPS) is 12.7. The number of rotatable bonds is 7. The Bertz CT molecular complexity index is 374. The molecule has 0 fully saturated rings. The smallest absolute Gasteiger partial charge is 0.354 e. The molecule has 0 aromatic carbocycles. The van der Waals surface area contributed by atoms with E-state index in [9.17, 15) is 9.90 Å². The van der Waals surface area contributed by atoms with Gasteiger partial charge in [-0.25, -0.2) is 4.79 Å². The first-order valence-corrected chi connectivity index (χ1v) is 6.17. The summed E-state index contributed by atoms with van der Waals surface area (Å²) >= 11 is 0. The summed E-state index contributed by atoms with van der Waals surface area (Å²) in [5, 5.41) is 12.5. The van der Waals surface area contributed by atoms with Gasteiger partial charge in [-0.15, -0.1) is 0 Å². The molecule has 0 amide bonds. The van der Waals surface area contributed by atoms with E-state index in [4.69, 9.17) is 0 Å². The summed E-state index contributed by atoms with van der Waals surface area (Å²) in [6.45, 7) is 4.94. The molecule has 1 heterocycles. The van der Waals surface area contributed by atoms with Gasteiger partial charge in [-0.1, -0.05) is 13.8 Å². The van der Waals surface area contributed by atoms with E-state index in [1.54, 1.807) is 6.07 Å². The second-order valence-electron chi connectivity index (χ2n) is 4.78. The molecule has 5 heteroatoms. The number of aliphatic hydroxyl groups is 1. The largest absolute Gasteiger partial charge is 0.464 e. The number of hydrogen-bond acceptors (Lipinski definition) is 4. The number of aromatic nitrogens is 1. The zero-order valence-corrected chi connectivity index (χ0v) is 11.2. The first-order valence-electron chi connectivity index (χ1n) is 6.17. The maximum Gasteiger partial charge on any atom is 0.354 e. The molecule has 3 N–H and O–H groups in total. The van der Waals surface area contributed by atoms with Crippen LogP contribution < -0.4 is 5.32 Å². The predicted molar refractivity (Wildman–Crippen MR) is 69.3 cm³/mol. The monoisotopic (exact) mass is 254 g/mol. The van der Waals surface area contributed by atoms with Gasteiger partial charge in [0.25, 0.3) is 0 Å². The summed E-state index contributed by atoms with van der Waals surface area (Å²) in [5.74, 6) is 0.158. The Balaban J connectivity index is 2.47. The second-order valence-corrected chi connectivity index (χ2v) is 4.78. The third-order valence-corrected chi connectivity index (χ3v) is 2.71. The van der Waals surface area contributed by atoms with Gasteiger partial charge < -0.3 is 20.1 Å². The molecular weight excluding hydrogens is 232 g/mol. The zero-order valence-electron chi connectivity index (χ0n) is 11.2. The first kappa shape index (κ1) is 14.7. The SMILES string of the molecule is COC(=O)c1ccc(CNC(CO)CC(C)C)[nH]1. The summed E-state index contributed by atoms with van der Waals surface area (Å²) in [6, 6.07) is 3.61. The summed E-state index contributed by atoms with van der Waals surface area (Å²) in [4.78, 5) is 14.2. The fourth-order valence-electron chi connectivity index (χ4n) is 1.82. The number of methoxy groups -OCH3 is 1. The van der Waals surface area contributed by atoms with Crippen LogP contribution in [0.3, 0.4) is 0 Å². The van der Waals surface area contributed by atoms with Crippen LogP contribution in [0.1, 0.15) is 36.5 Å². The summed E-state index contributed by atoms with van der Waals surface area (Å²) in [7, 11) is 1.35. The standard InChI is InChI=1S/C13H22N2O3/c1-9(2)6-11(8-16)14-7-10-4-5-12(15-10)13(17)18-3/h4-5,9,11,14-16H,6-8H2,1-3H3. The second kappa shape index (κ2) is 7.18. The van der Waals surface area contributed by atoms with Gasteiger partial charge in [-0.05, 0) is 24.5 Å². The van der Waals surface area contributed by atoms with Crippen LogP contribution in [0.15, 0.2) is 12.1 Å². The molecule has 0 saturated heterocycles. The van der Waals surface area contributed by atoms with E-state index in [0.29, 0.717) is 18.2 Å². The van der Waals surface area contributed by atoms with Crippen molar-refractivity contribution in [3.05, 3.63) is 23.5 Å². The number of ether oxygens (including phenoxy) is 1. The van der Waals surface area contributed by atoms with E-state index in [2.05, 4.69) is 28.9 Å². The van der Waals surface area contributed by atoms with Crippen LogP contribution in [0.4, 0.5) is 0 Å². The van der Waals surface area contributed by atoms with Gasteiger partial charge in [-0.3, -0.25) is 0 Å². The van der Waals surface area contributed by atoms with Crippen LogP contribution in [0.5, 0.6) is 0 Å². The number of aliphatic hydroxyl groups excluding tert-OH is 1. The number of carbonyl (C=O) groups is 1. The Hall–Kier alpha value is -1.33. The number of esters is 1. The molecule has 18 heavy (non-hydrogen) atoms. The predicted octanol–water partition coefficient (Wildman–Crippen LogP) is 1.30. The number of aromatic amines is 1. The average molecular weight is 254 g/mol. The molecule has 102 valence electrons.